The molecule has 1 heterocycles. The highest BCUT2D eigenvalue weighted by Gasteiger charge is 2.07. The monoisotopic (exact) mass is 212 g/mol. The van der Waals surface area contributed by atoms with Crippen molar-refractivity contribution in [1.29, 1.82) is 0 Å². The summed E-state index contributed by atoms with van der Waals surface area (Å²) in [5.41, 5.74) is 0.521. The van der Waals surface area contributed by atoms with Gasteiger partial charge in [-0.05, 0) is 13.0 Å². The second-order valence-electron chi connectivity index (χ2n) is 2.84. The largest absolute Gasteiger partial charge is 0.492 e. The summed E-state index contributed by atoms with van der Waals surface area (Å²) in [7, 11) is 0. The first kappa shape index (κ1) is 9.15. The zero-order valence-corrected chi connectivity index (χ0v) is 8.31. The van der Waals surface area contributed by atoms with Crippen molar-refractivity contribution in [3.8, 4) is 5.75 Å². The lowest BCUT2D eigenvalue weighted by Gasteiger charge is -2.04. The van der Waals surface area contributed by atoms with Gasteiger partial charge in [0.15, 0.2) is 0 Å². The Labute approximate surface area is 84.8 Å². The molecule has 2 N–H and O–H groups in total. The van der Waals surface area contributed by atoms with Gasteiger partial charge < -0.3 is 4.74 Å². The van der Waals surface area contributed by atoms with Crippen LogP contribution in [-0.4, -0.2) is 16.8 Å². The van der Waals surface area contributed by atoms with Gasteiger partial charge in [-0.1, -0.05) is 11.6 Å². The topological polar surface area (TPSA) is 57.9 Å². The standard InChI is InChI=1S/C9H9ClN2O2/c1-2-14-8-4-7-5(3-6(8)10)9(13)12-11-7/h3-4H,2H2,1H3,(H2,11,12,13). The summed E-state index contributed by atoms with van der Waals surface area (Å²) in [5, 5.41) is 6.20. The van der Waals surface area contributed by atoms with Crippen molar-refractivity contribution in [2.45, 2.75) is 6.92 Å². The Balaban J connectivity index is 2.66. The van der Waals surface area contributed by atoms with E-state index in [0.717, 1.165) is 0 Å². The van der Waals surface area contributed by atoms with Crippen molar-refractivity contribution in [2.24, 2.45) is 0 Å². The molecule has 14 heavy (non-hydrogen) atoms. The van der Waals surface area contributed by atoms with Crippen LogP contribution in [0, 0.1) is 0 Å². The predicted octanol–water partition coefficient (Wildman–Crippen LogP) is 1.91. The number of ether oxygens (including phenoxy) is 1. The van der Waals surface area contributed by atoms with Crippen LogP contribution in [0.4, 0.5) is 0 Å². The highest BCUT2D eigenvalue weighted by Crippen LogP contribution is 2.27. The lowest BCUT2D eigenvalue weighted by Crippen LogP contribution is -1.97. The lowest BCUT2D eigenvalue weighted by atomic mass is 10.2. The Bertz CT molecular complexity index is 515. The van der Waals surface area contributed by atoms with Gasteiger partial charge in [-0.15, -0.1) is 0 Å². The van der Waals surface area contributed by atoms with Gasteiger partial charge in [-0.25, -0.2) is 0 Å². The summed E-state index contributed by atoms with van der Waals surface area (Å²) >= 11 is 5.92. The number of halogens is 1. The van der Waals surface area contributed by atoms with E-state index in [-0.39, 0.29) is 5.56 Å². The number of aromatic nitrogens is 2. The zero-order chi connectivity index (χ0) is 10.1. The van der Waals surface area contributed by atoms with E-state index in [1.807, 2.05) is 6.92 Å². The van der Waals surface area contributed by atoms with Crippen LogP contribution in [0.3, 0.4) is 0 Å². The number of benzene rings is 1. The van der Waals surface area contributed by atoms with E-state index in [1.54, 1.807) is 12.1 Å². The average Bonchev–Trinajstić information content (AvgIpc) is 2.50. The van der Waals surface area contributed by atoms with E-state index in [0.29, 0.717) is 28.3 Å². The summed E-state index contributed by atoms with van der Waals surface area (Å²) in [4.78, 5) is 11.2. The molecule has 0 saturated heterocycles. The summed E-state index contributed by atoms with van der Waals surface area (Å²) in [6.07, 6.45) is 0. The third-order valence-electron chi connectivity index (χ3n) is 1.93. The molecule has 0 bridgehead atoms. The Morgan fingerprint density at radius 1 is 1.43 bits per heavy atom. The van der Waals surface area contributed by atoms with Gasteiger partial charge in [0.2, 0.25) is 0 Å². The molecular formula is C9H9ClN2O2. The van der Waals surface area contributed by atoms with Gasteiger partial charge in [-0.3, -0.25) is 15.0 Å². The smallest absolute Gasteiger partial charge is 0.271 e. The van der Waals surface area contributed by atoms with Gasteiger partial charge >= 0.3 is 0 Å². The van der Waals surface area contributed by atoms with Crippen LogP contribution in [0.25, 0.3) is 10.9 Å². The second kappa shape index (κ2) is 3.38. The minimum atomic E-state index is -0.176. The molecule has 2 aromatic rings. The molecule has 0 saturated carbocycles. The maximum absolute atomic E-state index is 11.2. The lowest BCUT2D eigenvalue weighted by molar-refractivity contribution is 0.341. The maximum atomic E-state index is 11.2. The molecule has 0 spiro atoms. The van der Waals surface area contributed by atoms with E-state index in [1.165, 1.54) is 0 Å². The highest BCUT2D eigenvalue weighted by molar-refractivity contribution is 6.32. The molecule has 2 rings (SSSR count). The van der Waals surface area contributed by atoms with Crippen LogP contribution in [0.1, 0.15) is 6.92 Å². The van der Waals surface area contributed by atoms with Gasteiger partial charge in [0.05, 0.1) is 22.5 Å². The molecule has 0 atom stereocenters. The molecule has 0 aliphatic rings. The highest BCUT2D eigenvalue weighted by atomic mass is 35.5. The normalized spacial score (nSPS) is 10.7. The molecule has 0 unspecified atom stereocenters. The minimum absolute atomic E-state index is 0.176. The molecule has 5 heteroatoms. The number of H-pyrrole nitrogens is 2. The summed E-state index contributed by atoms with van der Waals surface area (Å²) < 4.78 is 5.29. The summed E-state index contributed by atoms with van der Waals surface area (Å²) in [6, 6.07) is 3.30. The van der Waals surface area contributed by atoms with Crippen molar-refractivity contribution < 1.29 is 4.74 Å². The SMILES string of the molecule is CCOc1cc2[nH][nH]c(=O)c2cc1Cl. The molecule has 0 aliphatic heterocycles. The van der Waals surface area contributed by atoms with Crippen molar-refractivity contribution in [1.82, 2.24) is 10.2 Å². The summed E-state index contributed by atoms with van der Waals surface area (Å²) in [5.74, 6) is 0.580. The van der Waals surface area contributed by atoms with E-state index in [2.05, 4.69) is 10.2 Å². The Kier molecular flexibility index (Phi) is 2.21. The van der Waals surface area contributed by atoms with E-state index in [9.17, 15) is 4.79 Å². The third-order valence-corrected chi connectivity index (χ3v) is 2.22. The zero-order valence-electron chi connectivity index (χ0n) is 7.56. The van der Waals surface area contributed by atoms with E-state index < -0.39 is 0 Å². The van der Waals surface area contributed by atoms with Crippen LogP contribution in [0.2, 0.25) is 5.02 Å². The van der Waals surface area contributed by atoms with E-state index >= 15 is 0 Å². The van der Waals surface area contributed by atoms with Gasteiger partial charge in [0.25, 0.3) is 5.56 Å². The van der Waals surface area contributed by atoms with Crippen LogP contribution in [0.5, 0.6) is 5.75 Å². The van der Waals surface area contributed by atoms with Crippen LogP contribution in [0.15, 0.2) is 16.9 Å². The minimum Gasteiger partial charge on any atom is -0.492 e. The van der Waals surface area contributed by atoms with Crippen LogP contribution < -0.4 is 10.3 Å². The fourth-order valence-corrected chi connectivity index (χ4v) is 1.52. The third kappa shape index (κ3) is 1.37. The number of hydrogen-bond donors (Lipinski definition) is 2. The number of nitrogens with one attached hydrogen (secondary N) is 2. The molecule has 1 aromatic heterocycles. The molecule has 4 nitrogen and oxygen atoms in total. The van der Waals surface area contributed by atoms with Crippen molar-refractivity contribution >= 4 is 22.5 Å². The van der Waals surface area contributed by atoms with Crippen molar-refractivity contribution in [3.63, 3.8) is 0 Å². The fourth-order valence-electron chi connectivity index (χ4n) is 1.30. The first-order valence-electron chi connectivity index (χ1n) is 4.25. The fraction of sp³-hybridized carbons (Fsp3) is 0.222. The second-order valence-corrected chi connectivity index (χ2v) is 3.25. The van der Waals surface area contributed by atoms with Crippen LogP contribution in [-0.2, 0) is 0 Å². The van der Waals surface area contributed by atoms with E-state index in [4.69, 9.17) is 16.3 Å². The number of rotatable bonds is 2. The van der Waals surface area contributed by atoms with Crippen molar-refractivity contribution in [2.75, 3.05) is 6.61 Å². The average molecular weight is 213 g/mol. The molecule has 0 fully saturated rings. The number of fused-ring (bicyclic) bond motifs is 1. The molecule has 0 radical (unpaired) electrons. The van der Waals surface area contributed by atoms with Crippen molar-refractivity contribution in [3.05, 3.63) is 27.5 Å². The molecule has 74 valence electrons. The molecule has 1 aromatic carbocycles. The number of aromatic amines is 2. The Morgan fingerprint density at radius 3 is 2.93 bits per heavy atom. The maximum Gasteiger partial charge on any atom is 0.271 e. The Morgan fingerprint density at radius 2 is 2.21 bits per heavy atom. The molecular weight excluding hydrogens is 204 g/mol. The first-order valence-corrected chi connectivity index (χ1v) is 4.63. The van der Waals surface area contributed by atoms with Crippen LogP contribution >= 0.6 is 11.6 Å². The first-order chi connectivity index (χ1) is 6.72. The quantitative estimate of drug-likeness (QED) is 0.799. The van der Waals surface area contributed by atoms with Gasteiger partial charge in [-0.2, -0.15) is 0 Å². The number of hydrogen-bond acceptors (Lipinski definition) is 2. The summed E-state index contributed by atoms with van der Waals surface area (Å²) in [6.45, 7) is 2.42. The Hall–Kier alpha value is -1.42. The van der Waals surface area contributed by atoms with Gasteiger partial charge in [0, 0.05) is 6.07 Å². The molecule has 0 amide bonds. The molecule has 0 aliphatic carbocycles. The van der Waals surface area contributed by atoms with Gasteiger partial charge in [0.1, 0.15) is 5.75 Å². The predicted molar refractivity (Wildman–Crippen MR) is 55.1 cm³/mol.